The van der Waals surface area contributed by atoms with Crippen molar-refractivity contribution in [1.29, 1.82) is 0 Å². The van der Waals surface area contributed by atoms with Gasteiger partial charge in [0.15, 0.2) is 0 Å². The number of carbonyl (C=O) groups excluding carboxylic acids is 2. The van der Waals surface area contributed by atoms with Gasteiger partial charge >= 0.3 is 0 Å². The van der Waals surface area contributed by atoms with E-state index in [-0.39, 0.29) is 23.7 Å². The summed E-state index contributed by atoms with van der Waals surface area (Å²) in [5.74, 6) is -0.346. The fourth-order valence-corrected chi connectivity index (χ4v) is 2.95. The minimum atomic E-state index is -0.322. The maximum Gasteiger partial charge on any atom is 0.258 e. The Morgan fingerprint density at radius 1 is 0.767 bits per heavy atom. The first kappa shape index (κ1) is 19.1. The summed E-state index contributed by atoms with van der Waals surface area (Å²) in [7, 11) is 0. The van der Waals surface area contributed by atoms with Crippen LogP contribution in [0.2, 0.25) is 0 Å². The standard InChI is InChI=1S/C23H19N5O2/c1-16-10-8-9-15-19(16)21(30)24-22-26-23(25-20(29)17-11-4-2-5-12-17)28(27-22)18-13-6-3-7-14-18/h2-15H,1H3,(H2,24,25,26,27,29,30). The second-order valence-corrected chi connectivity index (χ2v) is 6.60. The third-order valence-electron chi connectivity index (χ3n) is 4.48. The molecule has 0 fully saturated rings. The van der Waals surface area contributed by atoms with E-state index >= 15 is 0 Å². The molecular formula is C23H19N5O2. The first-order valence-corrected chi connectivity index (χ1v) is 9.37. The summed E-state index contributed by atoms with van der Waals surface area (Å²) < 4.78 is 1.48. The van der Waals surface area contributed by atoms with Gasteiger partial charge in [-0.1, -0.05) is 54.6 Å². The lowest BCUT2D eigenvalue weighted by Gasteiger charge is -2.06. The normalized spacial score (nSPS) is 10.4. The molecule has 0 bridgehead atoms. The van der Waals surface area contributed by atoms with Gasteiger partial charge in [-0.2, -0.15) is 9.67 Å². The van der Waals surface area contributed by atoms with Gasteiger partial charge in [0.2, 0.25) is 5.95 Å². The average Bonchev–Trinajstić information content (AvgIpc) is 3.17. The molecular weight excluding hydrogens is 378 g/mol. The molecule has 0 aliphatic heterocycles. The fraction of sp³-hybridized carbons (Fsp3) is 0.0435. The predicted molar refractivity (Wildman–Crippen MR) is 115 cm³/mol. The van der Waals surface area contributed by atoms with Crippen molar-refractivity contribution in [2.45, 2.75) is 6.92 Å². The molecule has 0 spiro atoms. The number of aromatic nitrogens is 3. The number of nitrogens with zero attached hydrogens (tertiary/aromatic N) is 3. The third-order valence-corrected chi connectivity index (χ3v) is 4.48. The van der Waals surface area contributed by atoms with Gasteiger partial charge in [-0.05, 0) is 42.8 Å². The number of hydrogen-bond acceptors (Lipinski definition) is 4. The van der Waals surface area contributed by atoms with Crippen LogP contribution in [0.3, 0.4) is 0 Å². The van der Waals surface area contributed by atoms with E-state index in [1.54, 1.807) is 36.4 Å². The molecule has 4 rings (SSSR count). The van der Waals surface area contributed by atoms with Crippen molar-refractivity contribution in [2.75, 3.05) is 10.6 Å². The number of amides is 2. The van der Waals surface area contributed by atoms with Crippen molar-refractivity contribution < 1.29 is 9.59 Å². The number of carbonyl (C=O) groups is 2. The van der Waals surface area contributed by atoms with E-state index in [0.717, 1.165) is 5.56 Å². The summed E-state index contributed by atoms with van der Waals surface area (Å²) in [6, 6.07) is 25.3. The Balaban J connectivity index is 1.65. The number of rotatable bonds is 5. The second kappa shape index (κ2) is 8.40. The van der Waals surface area contributed by atoms with Crippen molar-refractivity contribution in [1.82, 2.24) is 14.8 Å². The Kier molecular flexibility index (Phi) is 5.34. The van der Waals surface area contributed by atoms with E-state index in [2.05, 4.69) is 20.7 Å². The van der Waals surface area contributed by atoms with Crippen LogP contribution in [0.1, 0.15) is 26.3 Å². The Labute approximate surface area is 173 Å². The van der Waals surface area contributed by atoms with Crippen molar-refractivity contribution in [3.63, 3.8) is 0 Å². The van der Waals surface area contributed by atoms with Crippen LogP contribution in [-0.2, 0) is 0 Å². The Hall–Kier alpha value is -4.26. The number of para-hydroxylation sites is 1. The lowest BCUT2D eigenvalue weighted by atomic mass is 10.1. The second-order valence-electron chi connectivity index (χ2n) is 6.60. The van der Waals surface area contributed by atoms with Crippen LogP contribution in [0.25, 0.3) is 5.69 Å². The summed E-state index contributed by atoms with van der Waals surface area (Å²) in [5.41, 5.74) is 2.56. The summed E-state index contributed by atoms with van der Waals surface area (Å²) >= 11 is 0. The molecule has 7 nitrogen and oxygen atoms in total. The van der Waals surface area contributed by atoms with Gasteiger partial charge in [0.25, 0.3) is 17.8 Å². The van der Waals surface area contributed by atoms with Crippen LogP contribution in [0, 0.1) is 6.92 Å². The molecule has 30 heavy (non-hydrogen) atoms. The highest BCUT2D eigenvalue weighted by Gasteiger charge is 2.18. The van der Waals surface area contributed by atoms with E-state index in [9.17, 15) is 9.59 Å². The Morgan fingerprint density at radius 2 is 1.40 bits per heavy atom. The summed E-state index contributed by atoms with van der Waals surface area (Å²) in [6.07, 6.45) is 0. The van der Waals surface area contributed by atoms with Gasteiger partial charge < -0.3 is 0 Å². The minimum absolute atomic E-state index is 0.0930. The third kappa shape index (κ3) is 4.10. The summed E-state index contributed by atoms with van der Waals surface area (Å²) in [6.45, 7) is 1.86. The molecule has 0 atom stereocenters. The van der Waals surface area contributed by atoms with Gasteiger partial charge in [-0.25, -0.2) is 0 Å². The number of benzene rings is 3. The lowest BCUT2D eigenvalue weighted by molar-refractivity contribution is 0.101. The molecule has 0 unspecified atom stereocenters. The van der Waals surface area contributed by atoms with E-state index in [1.165, 1.54) is 4.68 Å². The van der Waals surface area contributed by atoms with Crippen LogP contribution >= 0.6 is 0 Å². The van der Waals surface area contributed by atoms with Gasteiger partial charge in [-0.3, -0.25) is 20.2 Å². The maximum absolute atomic E-state index is 12.6. The highest BCUT2D eigenvalue weighted by atomic mass is 16.2. The van der Waals surface area contributed by atoms with Crippen molar-refractivity contribution in [3.8, 4) is 5.69 Å². The minimum Gasteiger partial charge on any atom is -0.290 e. The molecule has 7 heteroatoms. The van der Waals surface area contributed by atoms with Crippen molar-refractivity contribution in [2.24, 2.45) is 0 Å². The lowest BCUT2D eigenvalue weighted by Crippen LogP contribution is -2.15. The molecule has 148 valence electrons. The highest BCUT2D eigenvalue weighted by molar-refractivity contribution is 6.05. The van der Waals surface area contributed by atoms with E-state index in [4.69, 9.17) is 0 Å². The molecule has 4 aromatic rings. The predicted octanol–water partition coefficient (Wildman–Crippen LogP) is 4.08. The molecule has 0 radical (unpaired) electrons. The van der Waals surface area contributed by atoms with Crippen molar-refractivity contribution >= 4 is 23.7 Å². The Bertz CT molecular complexity index is 1190. The molecule has 3 aromatic carbocycles. The monoisotopic (exact) mass is 397 g/mol. The van der Waals surface area contributed by atoms with E-state index in [0.29, 0.717) is 16.8 Å². The highest BCUT2D eigenvalue weighted by Crippen LogP contribution is 2.18. The SMILES string of the molecule is Cc1ccccc1C(=O)Nc1nc(NC(=O)c2ccccc2)n(-c2ccccc2)n1. The fourth-order valence-electron chi connectivity index (χ4n) is 2.95. The number of aryl methyl sites for hydroxylation is 1. The van der Waals surface area contributed by atoms with E-state index in [1.807, 2.05) is 55.5 Å². The molecule has 1 heterocycles. The van der Waals surface area contributed by atoms with Crippen LogP contribution in [-0.4, -0.2) is 26.6 Å². The average molecular weight is 397 g/mol. The maximum atomic E-state index is 12.6. The largest absolute Gasteiger partial charge is 0.290 e. The summed E-state index contributed by atoms with van der Waals surface area (Å²) in [4.78, 5) is 29.6. The van der Waals surface area contributed by atoms with Crippen LogP contribution < -0.4 is 10.6 Å². The number of anilines is 2. The summed E-state index contributed by atoms with van der Waals surface area (Å²) in [5, 5.41) is 9.86. The smallest absolute Gasteiger partial charge is 0.258 e. The molecule has 0 saturated carbocycles. The van der Waals surface area contributed by atoms with Crippen LogP contribution in [0.5, 0.6) is 0 Å². The molecule has 0 aliphatic carbocycles. The van der Waals surface area contributed by atoms with Gasteiger partial charge in [-0.15, -0.1) is 5.10 Å². The number of nitrogens with one attached hydrogen (secondary N) is 2. The topological polar surface area (TPSA) is 88.9 Å². The first-order valence-electron chi connectivity index (χ1n) is 9.37. The molecule has 0 saturated heterocycles. The van der Waals surface area contributed by atoms with E-state index < -0.39 is 0 Å². The van der Waals surface area contributed by atoms with Gasteiger partial charge in [0, 0.05) is 11.1 Å². The zero-order valence-electron chi connectivity index (χ0n) is 16.2. The van der Waals surface area contributed by atoms with Crippen LogP contribution in [0.4, 0.5) is 11.9 Å². The van der Waals surface area contributed by atoms with Crippen LogP contribution in [0.15, 0.2) is 84.9 Å². The quantitative estimate of drug-likeness (QED) is 0.531. The van der Waals surface area contributed by atoms with Gasteiger partial charge in [0.05, 0.1) is 5.69 Å². The zero-order chi connectivity index (χ0) is 20.9. The van der Waals surface area contributed by atoms with Crippen molar-refractivity contribution in [3.05, 3.63) is 102 Å². The first-order chi connectivity index (χ1) is 14.6. The number of hydrogen-bond donors (Lipinski definition) is 2. The molecule has 2 amide bonds. The Morgan fingerprint density at radius 3 is 2.10 bits per heavy atom. The van der Waals surface area contributed by atoms with Gasteiger partial charge in [0.1, 0.15) is 0 Å². The molecule has 1 aromatic heterocycles. The molecule has 0 aliphatic rings. The zero-order valence-corrected chi connectivity index (χ0v) is 16.2. The molecule has 2 N–H and O–H groups in total.